The lowest BCUT2D eigenvalue weighted by Crippen LogP contribution is -1.88. The first-order chi connectivity index (χ1) is 11.8. The highest BCUT2D eigenvalue weighted by Gasteiger charge is 1.92. The second-order valence-electron chi connectivity index (χ2n) is 5.70. The number of carboxylic acid groups (broad SMARTS) is 1. The van der Waals surface area contributed by atoms with Gasteiger partial charge in [0.1, 0.15) is 0 Å². The summed E-state index contributed by atoms with van der Waals surface area (Å²) in [6, 6.07) is 0. The molecule has 0 aliphatic carbocycles. The lowest BCUT2D eigenvalue weighted by Gasteiger charge is -2.01. The van der Waals surface area contributed by atoms with Gasteiger partial charge in [-0.05, 0) is 19.3 Å². The van der Waals surface area contributed by atoms with Crippen LogP contribution in [0.1, 0.15) is 64.2 Å². The summed E-state index contributed by atoms with van der Waals surface area (Å²) in [6.07, 6.45) is 26.3. The first-order valence-electron chi connectivity index (χ1n) is 8.93. The standard InChI is InChI=1S/C20H32O4/c21-20(22)18-16-14-12-10-8-6-4-2-1-3-5-7-9-11-13-15-17-19-24-23/h4,6,8,10,12,14,16,18,23H,1-3,5,7,9,11,13,15,17,19H2,(H,21,22)/b6-4+,10-8+,14-12+,18-16+. The van der Waals surface area contributed by atoms with Crippen LogP contribution in [-0.2, 0) is 9.68 Å². The van der Waals surface area contributed by atoms with E-state index in [2.05, 4.69) is 11.0 Å². The van der Waals surface area contributed by atoms with E-state index >= 15 is 0 Å². The first kappa shape index (κ1) is 22.4. The van der Waals surface area contributed by atoms with Crippen molar-refractivity contribution in [2.24, 2.45) is 0 Å². The molecule has 136 valence electrons. The molecule has 0 fully saturated rings. The minimum absolute atomic E-state index is 0.459. The van der Waals surface area contributed by atoms with E-state index in [9.17, 15) is 4.79 Å². The van der Waals surface area contributed by atoms with E-state index in [4.69, 9.17) is 10.4 Å². The van der Waals surface area contributed by atoms with E-state index in [1.54, 1.807) is 12.2 Å². The molecule has 0 aromatic heterocycles. The molecule has 0 atom stereocenters. The summed E-state index contributed by atoms with van der Waals surface area (Å²) in [5.41, 5.74) is 0. The van der Waals surface area contributed by atoms with Crippen LogP contribution in [0.5, 0.6) is 0 Å². The van der Waals surface area contributed by atoms with Crippen molar-refractivity contribution in [3.8, 4) is 0 Å². The smallest absolute Gasteiger partial charge is 0.328 e. The Morgan fingerprint density at radius 2 is 1.21 bits per heavy atom. The van der Waals surface area contributed by atoms with Crippen LogP contribution in [0.4, 0.5) is 0 Å². The van der Waals surface area contributed by atoms with E-state index in [1.165, 1.54) is 51.0 Å². The Labute approximate surface area is 146 Å². The fraction of sp³-hybridized carbons (Fsp3) is 0.550. The SMILES string of the molecule is O=C(O)/C=C/C=C/C=C/C=C/CCCCCCCCCCCOO. The summed E-state index contributed by atoms with van der Waals surface area (Å²) in [4.78, 5) is 14.3. The maximum absolute atomic E-state index is 10.2. The number of carboxylic acids is 1. The van der Waals surface area contributed by atoms with Gasteiger partial charge < -0.3 is 5.11 Å². The Balaban J connectivity index is 3.30. The highest BCUT2D eigenvalue weighted by molar-refractivity contribution is 5.80. The summed E-state index contributed by atoms with van der Waals surface area (Å²) in [6.45, 7) is 0.459. The second-order valence-corrected chi connectivity index (χ2v) is 5.70. The Morgan fingerprint density at radius 1 is 0.708 bits per heavy atom. The zero-order valence-corrected chi connectivity index (χ0v) is 14.6. The van der Waals surface area contributed by atoms with E-state index in [-0.39, 0.29) is 0 Å². The van der Waals surface area contributed by atoms with Gasteiger partial charge >= 0.3 is 5.97 Å². The molecular weight excluding hydrogens is 304 g/mol. The predicted molar refractivity (Wildman–Crippen MR) is 98.9 cm³/mol. The van der Waals surface area contributed by atoms with Crippen molar-refractivity contribution in [1.29, 1.82) is 0 Å². The minimum atomic E-state index is -0.934. The van der Waals surface area contributed by atoms with Crippen LogP contribution in [0.3, 0.4) is 0 Å². The molecule has 0 aliphatic rings. The molecule has 0 spiro atoms. The maximum Gasteiger partial charge on any atom is 0.328 e. The van der Waals surface area contributed by atoms with Gasteiger partial charge in [0.15, 0.2) is 0 Å². The van der Waals surface area contributed by atoms with Crippen LogP contribution >= 0.6 is 0 Å². The highest BCUT2D eigenvalue weighted by Crippen LogP contribution is 2.10. The van der Waals surface area contributed by atoms with Crippen LogP contribution in [0.25, 0.3) is 0 Å². The molecule has 0 aromatic carbocycles. The molecule has 0 bridgehead atoms. The average Bonchev–Trinajstić information content (AvgIpc) is 2.56. The molecule has 0 heterocycles. The highest BCUT2D eigenvalue weighted by atomic mass is 17.1. The summed E-state index contributed by atoms with van der Waals surface area (Å²) >= 11 is 0. The fourth-order valence-electron chi connectivity index (χ4n) is 2.24. The summed E-state index contributed by atoms with van der Waals surface area (Å²) in [5.74, 6) is -0.934. The van der Waals surface area contributed by atoms with Crippen molar-refractivity contribution in [2.45, 2.75) is 64.2 Å². The minimum Gasteiger partial charge on any atom is -0.478 e. The van der Waals surface area contributed by atoms with Crippen molar-refractivity contribution in [3.63, 3.8) is 0 Å². The monoisotopic (exact) mass is 336 g/mol. The zero-order chi connectivity index (χ0) is 17.7. The van der Waals surface area contributed by atoms with Gasteiger partial charge in [0.2, 0.25) is 0 Å². The molecule has 0 amide bonds. The summed E-state index contributed by atoms with van der Waals surface area (Å²) < 4.78 is 0. The first-order valence-corrected chi connectivity index (χ1v) is 8.93. The van der Waals surface area contributed by atoms with E-state index in [1.807, 2.05) is 18.2 Å². The van der Waals surface area contributed by atoms with Crippen LogP contribution < -0.4 is 0 Å². The van der Waals surface area contributed by atoms with Gasteiger partial charge in [-0.3, -0.25) is 5.26 Å². The number of carbonyl (C=O) groups is 1. The zero-order valence-electron chi connectivity index (χ0n) is 14.6. The predicted octanol–water partition coefficient (Wildman–Crippen LogP) is 5.69. The molecular formula is C20H32O4. The Morgan fingerprint density at radius 3 is 1.79 bits per heavy atom. The third-order valence-corrected chi connectivity index (χ3v) is 3.54. The summed E-state index contributed by atoms with van der Waals surface area (Å²) in [7, 11) is 0. The number of hydrogen-bond acceptors (Lipinski definition) is 3. The molecule has 4 heteroatoms. The average molecular weight is 336 g/mol. The van der Waals surface area contributed by atoms with Crippen molar-refractivity contribution < 1.29 is 20.0 Å². The Kier molecular flexibility index (Phi) is 18.1. The fourth-order valence-corrected chi connectivity index (χ4v) is 2.24. The summed E-state index contributed by atoms with van der Waals surface area (Å²) in [5, 5.41) is 16.6. The normalized spacial score (nSPS) is 12.4. The lowest BCUT2D eigenvalue weighted by molar-refractivity contribution is -0.242. The van der Waals surface area contributed by atoms with Gasteiger partial charge in [-0.1, -0.05) is 87.5 Å². The number of aliphatic carboxylic acids is 1. The number of unbranched alkanes of at least 4 members (excludes halogenated alkanes) is 9. The van der Waals surface area contributed by atoms with Crippen molar-refractivity contribution in [2.75, 3.05) is 6.61 Å². The van der Waals surface area contributed by atoms with Crippen LogP contribution in [0.2, 0.25) is 0 Å². The third-order valence-electron chi connectivity index (χ3n) is 3.54. The van der Waals surface area contributed by atoms with Crippen molar-refractivity contribution in [3.05, 3.63) is 48.6 Å². The number of allylic oxidation sites excluding steroid dienone is 7. The van der Waals surface area contributed by atoms with Crippen LogP contribution in [-0.4, -0.2) is 22.9 Å². The van der Waals surface area contributed by atoms with Gasteiger partial charge in [-0.2, -0.15) is 0 Å². The van der Waals surface area contributed by atoms with E-state index in [0.29, 0.717) is 6.61 Å². The largest absolute Gasteiger partial charge is 0.478 e. The van der Waals surface area contributed by atoms with Gasteiger partial charge in [0.25, 0.3) is 0 Å². The van der Waals surface area contributed by atoms with Gasteiger partial charge in [-0.25, -0.2) is 9.68 Å². The molecule has 0 aromatic rings. The van der Waals surface area contributed by atoms with E-state index < -0.39 is 5.97 Å². The van der Waals surface area contributed by atoms with Crippen molar-refractivity contribution in [1.82, 2.24) is 0 Å². The molecule has 0 aliphatic heterocycles. The quantitative estimate of drug-likeness (QED) is 0.125. The number of rotatable bonds is 16. The Bertz CT molecular complexity index is 394. The second kappa shape index (κ2) is 19.4. The third kappa shape index (κ3) is 20.3. The molecule has 0 saturated carbocycles. The molecule has 0 unspecified atom stereocenters. The molecule has 2 N–H and O–H groups in total. The van der Waals surface area contributed by atoms with Gasteiger partial charge in [0, 0.05) is 6.08 Å². The van der Waals surface area contributed by atoms with Gasteiger partial charge in [0.05, 0.1) is 6.61 Å². The van der Waals surface area contributed by atoms with Crippen LogP contribution in [0, 0.1) is 0 Å². The molecule has 0 saturated heterocycles. The molecule has 0 radical (unpaired) electrons. The maximum atomic E-state index is 10.2. The van der Waals surface area contributed by atoms with E-state index in [0.717, 1.165) is 25.3 Å². The van der Waals surface area contributed by atoms with Gasteiger partial charge in [-0.15, -0.1) is 0 Å². The molecule has 0 rings (SSSR count). The van der Waals surface area contributed by atoms with Crippen molar-refractivity contribution >= 4 is 5.97 Å². The molecule has 24 heavy (non-hydrogen) atoms. The number of hydrogen-bond donors (Lipinski definition) is 2. The topological polar surface area (TPSA) is 66.8 Å². The lowest BCUT2D eigenvalue weighted by atomic mass is 10.1. The van der Waals surface area contributed by atoms with Crippen LogP contribution in [0.15, 0.2) is 48.6 Å². The Hall–Kier alpha value is -1.65. The molecule has 4 nitrogen and oxygen atoms in total.